The maximum atomic E-state index is 6.02. The molecule has 4 N–H and O–H groups in total. The monoisotopic (exact) mass is 330 g/mol. The zero-order chi connectivity index (χ0) is 17.0. The first-order chi connectivity index (χ1) is 10.9. The Hall–Kier alpha value is -0.240. The second-order valence-corrected chi connectivity index (χ2v) is 7.34. The molecular weight excluding hydrogens is 296 g/mol. The van der Waals surface area contributed by atoms with E-state index in [1.165, 1.54) is 0 Å². The molecule has 0 aromatic rings. The summed E-state index contributed by atoms with van der Waals surface area (Å²) in [4.78, 5) is 0. The fourth-order valence-corrected chi connectivity index (χ4v) is 3.50. The van der Waals surface area contributed by atoms with Crippen molar-refractivity contribution in [2.45, 2.75) is 65.2 Å². The summed E-state index contributed by atoms with van der Waals surface area (Å²) in [6.07, 6.45) is 1.43. The molecule has 2 fully saturated rings. The molecule has 2 heterocycles. The van der Waals surface area contributed by atoms with Gasteiger partial charge in [-0.1, -0.05) is 13.8 Å². The van der Waals surface area contributed by atoms with E-state index in [0.29, 0.717) is 26.4 Å². The van der Waals surface area contributed by atoms with Crippen LogP contribution in [0.1, 0.15) is 40.5 Å². The number of hydrogen-bond donors (Lipinski definition) is 2. The summed E-state index contributed by atoms with van der Waals surface area (Å²) in [6.45, 7) is 10.6. The molecule has 136 valence electrons. The van der Waals surface area contributed by atoms with Crippen LogP contribution in [0.3, 0.4) is 0 Å². The average molecular weight is 330 g/mol. The zero-order valence-electron chi connectivity index (χ0n) is 15.0. The van der Waals surface area contributed by atoms with Crippen LogP contribution >= 0.6 is 0 Å². The topological polar surface area (TPSA) is 89.0 Å². The zero-order valence-corrected chi connectivity index (χ0v) is 15.0. The first-order valence-electron chi connectivity index (χ1n) is 8.90. The molecule has 0 bridgehead atoms. The highest BCUT2D eigenvalue weighted by atomic mass is 16.7. The normalized spacial score (nSPS) is 37.3. The standard InChI is InChI=1S/C17H34N2O4/c1-5-13(11(3)18)15-20-7-17(8-21-15)9-22-16(23-10-17)14(6-2)12(4)19/h11-16H,5-10,18-19H2,1-4H3. The summed E-state index contributed by atoms with van der Waals surface area (Å²) in [5.41, 5.74) is 11.8. The van der Waals surface area contributed by atoms with Gasteiger partial charge >= 0.3 is 0 Å². The molecule has 2 saturated heterocycles. The Balaban J connectivity index is 1.86. The predicted octanol–water partition coefficient (Wildman–Crippen LogP) is 1.47. The third-order valence-electron chi connectivity index (χ3n) is 5.21. The van der Waals surface area contributed by atoms with E-state index in [1.54, 1.807) is 0 Å². The molecule has 4 atom stereocenters. The van der Waals surface area contributed by atoms with Crippen molar-refractivity contribution in [1.82, 2.24) is 0 Å². The molecule has 0 aromatic heterocycles. The van der Waals surface area contributed by atoms with Crippen molar-refractivity contribution in [1.29, 1.82) is 0 Å². The van der Waals surface area contributed by atoms with Gasteiger partial charge in [-0.15, -0.1) is 0 Å². The number of nitrogens with two attached hydrogens (primary N) is 2. The van der Waals surface area contributed by atoms with Gasteiger partial charge in [0, 0.05) is 23.9 Å². The summed E-state index contributed by atoms with van der Waals surface area (Å²) >= 11 is 0. The maximum absolute atomic E-state index is 6.02. The Morgan fingerprint density at radius 3 is 1.30 bits per heavy atom. The quantitative estimate of drug-likeness (QED) is 0.766. The van der Waals surface area contributed by atoms with E-state index in [2.05, 4.69) is 13.8 Å². The molecule has 0 aromatic carbocycles. The van der Waals surface area contributed by atoms with Crippen LogP contribution in [0.15, 0.2) is 0 Å². The van der Waals surface area contributed by atoms with Gasteiger partial charge in [-0.25, -0.2) is 0 Å². The smallest absolute Gasteiger partial charge is 0.161 e. The molecule has 0 aliphatic carbocycles. The lowest BCUT2D eigenvalue weighted by molar-refractivity contribution is -0.320. The molecule has 6 nitrogen and oxygen atoms in total. The molecule has 0 radical (unpaired) electrons. The van der Waals surface area contributed by atoms with Crippen molar-refractivity contribution >= 4 is 0 Å². The van der Waals surface area contributed by atoms with Crippen molar-refractivity contribution in [2.75, 3.05) is 26.4 Å². The third kappa shape index (κ3) is 4.44. The summed E-state index contributed by atoms with van der Waals surface area (Å²) < 4.78 is 23.9. The Morgan fingerprint density at radius 2 is 1.09 bits per heavy atom. The summed E-state index contributed by atoms with van der Waals surface area (Å²) in [6, 6.07) is 0.109. The van der Waals surface area contributed by atoms with Crippen LogP contribution in [0, 0.1) is 17.3 Å². The van der Waals surface area contributed by atoms with Crippen LogP contribution < -0.4 is 11.5 Å². The second-order valence-electron chi connectivity index (χ2n) is 7.34. The molecule has 2 aliphatic rings. The largest absolute Gasteiger partial charge is 0.351 e. The Bertz CT molecular complexity index is 311. The van der Waals surface area contributed by atoms with Crippen LogP contribution in [0.5, 0.6) is 0 Å². The molecule has 23 heavy (non-hydrogen) atoms. The van der Waals surface area contributed by atoms with E-state index in [9.17, 15) is 0 Å². The second kappa shape index (κ2) is 8.23. The Morgan fingerprint density at radius 1 is 0.783 bits per heavy atom. The van der Waals surface area contributed by atoms with E-state index in [4.69, 9.17) is 30.4 Å². The third-order valence-corrected chi connectivity index (χ3v) is 5.21. The van der Waals surface area contributed by atoms with E-state index < -0.39 is 0 Å². The van der Waals surface area contributed by atoms with E-state index in [0.717, 1.165) is 12.8 Å². The molecular formula is C17H34N2O4. The maximum Gasteiger partial charge on any atom is 0.161 e. The van der Waals surface area contributed by atoms with Gasteiger partial charge in [0.15, 0.2) is 12.6 Å². The lowest BCUT2D eigenvalue weighted by atomic mass is 9.88. The highest BCUT2D eigenvalue weighted by Gasteiger charge is 2.45. The van der Waals surface area contributed by atoms with Gasteiger partial charge in [0.05, 0.1) is 31.8 Å². The van der Waals surface area contributed by atoms with Crippen LogP contribution in [0.4, 0.5) is 0 Å². The molecule has 6 heteroatoms. The van der Waals surface area contributed by atoms with Crippen molar-refractivity contribution < 1.29 is 18.9 Å². The van der Waals surface area contributed by atoms with Crippen molar-refractivity contribution in [3.8, 4) is 0 Å². The first kappa shape index (κ1) is 19.1. The van der Waals surface area contributed by atoms with Gasteiger partial charge in [0.1, 0.15) is 0 Å². The molecule has 2 aliphatic heterocycles. The minimum atomic E-state index is -0.226. The molecule has 2 rings (SSSR count). The number of hydrogen-bond acceptors (Lipinski definition) is 6. The fourth-order valence-electron chi connectivity index (χ4n) is 3.50. The SMILES string of the molecule is CCC(C(C)N)C1OCC2(CO1)COC(C(CC)C(C)N)OC2. The van der Waals surface area contributed by atoms with E-state index in [1.807, 2.05) is 13.8 Å². The van der Waals surface area contributed by atoms with Gasteiger partial charge < -0.3 is 30.4 Å². The van der Waals surface area contributed by atoms with Crippen LogP contribution in [-0.2, 0) is 18.9 Å². The minimum Gasteiger partial charge on any atom is -0.351 e. The minimum absolute atomic E-state index is 0.0543. The predicted molar refractivity (Wildman–Crippen MR) is 88.7 cm³/mol. The van der Waals surface area contributed by atoms with Gasteiger partial charge in [-0.2, -0.15) is 0 Å². The van der Waals surface area contributed by atoms with Gasteiger partial charge in [0.2, 0.25) is 0 Å². The molecule has 1 spiro atoms. The van der Waals surface area contributed by atoms with Crippen LogP contribution in [-0.4, -0.2) is 51.1 Å². The van der Waals surface area contributed by atoms with E-state index in [-0.39, 0.29) is 41.9 Å². The molecule has 4 unspecified atom stereocenters. The lowest BCUT2D eigenvalue weighted by Gasteiger charge is -2.46. The van der Waals surface area contributed by atoms with E-state index >= 15 is 0 Å². The Labute approximate surface area is 140 Å². The van der Waals surface area contributed by atoms with Gasteiger partial charge in [0.25, 0.3) is 0 Å². The highest BCUT2D eigenvalue weighted by molar-refractivity contribution is 4.87. The summed E-state index contributed by atoms with van der Waals surface area (Å²) in [5.74, 6) is 0.432. The van der Waals surface area contributed by atoms with Crippen LogP contribution in [0.2, 0.25) is 0 Å². The molecule has 0 amide bonds. The molecule has 0 saturated carbocycles. The van der Waals surface area contributed by atoms with Crippen molar-refractivity contribution in [2.24, 2.45) is 28.7 Å². The average Bonchev–Trinajstić information content (AvgIpc) is 2.52. The highest BCUT2D eigenvalue weighted by Crippen LogP contribution is 2.35. The lowest BCUT2D eigenvalue weighted by Crippen LogP contribution is -2.56. The summed E-state index contributed by atoms with van der Waals surface area (Å²) in [5, 5.41) is 0. The van der Waals surface area contributed by atoms with Crippen molar-refractivity contribution in [3.63, 3.8) is 0 Å². The van der Waals surface area contributed by atoms with Crippen molar-refractivity contribution in [3.05, 3.63) is 0 Å². The first-order valence-corrected chi connectivity index (χ1v) is 8.90. The fraction of sp³-hybridized carbons (Fsp3) is 1.00. The number of rotatable bonds is 6. The summed E-state index contributed by atoms with van der Waals surface area (Å²) in [7, 11) is 0. The van der Waals surface area contributed by atoms with Crippen LogP contribution in [0.25, 0.3) is 0 Å². The van der Waals surface area contributed by atoms with Gasteiger partial charge in [-0.05, 0) is 26.7 Å². The van der Waals surface area contributed by atoms with Gasteiger partial charge in [-0.3, -0.25) is 0 Å². The number of ether oxygens (including phenoxy) is 4. The Kier molecular flexibility index (Phi) is 6.83.